The highest BCUT2D eigenvalue weighted by Crippen LogP contribution is 2.18. The number of epoxide rings is 1. The van der Waals surface area contributed by atoms with Crippen molar-refractivity contribution >= 4 is 11.9 Å². The number of cyclic esters (lactones) is 2. The first-order valence-electron chi connectivity index (χ1n) is 6.43. The minimum absolute atomic E-state index is 0.0278. The summed E-state index contributed by atoms with van der Waals surface area (Å²) in [4.78, 5) is 21.7. The minimum Gasteiger partial charge on any atom is -0.394 e. The maximum absolute atomic E-state index is 10.8. The van der Waals surface area contributed by atoms with Gasteiger partial charge in [-0.15, -0.1) is 0 Å². The van der Waals surface area contributed by atoms with Gasteiger partial charge in [0, 0.05) is 0 Å². The van der Waals surface area contributed by atoms with Gasteiger partial charge in [-0.2, -0.15) is 0 Å². The van der Waals surface area contributed by atoms with Gasteiger partial charge in [0.2, 0.25) is 0 Å². The first kappa shape index (κ1) is 17.3. The normalized spacial score (nSPS) is 14.2. The molecule has 3 rings (SSSR count). The van der Waals surface area contributed by atoms with Crippen LogP contribution in [0, 0.1) is 0 Å². The van der Waals surface area contributed by atoms with E-state index in [1.165, 1.54) is 0 Å². The van der Waals surface area contributed by atoms with Gasteiger partial charge in [0.25, 0.3) is 0 Å². The van der Waals surface area contributed by atoms with Gasteiger partial charge in [-0.3, -0.25) is 0 Å². The average molecular weight is 298 g/mol. The Morgan fingerprint density at radius 2 is 1.38 bits per heavy atom. The van der Waals surface area contributed by atoms with Gasteiger partial charge < -0.3 is 24.4 Å². The summed E-state index contributed by atoms with van der Waals surface area (Å²) < 4.78 is 13.5. The van der Waals surface area contributed by atoms with E-state index in [2.05, 4.69) is 14.2 Å². The molecule has 1 fully saturated rings. The third-order valence-corrected chi connectivity index (χ3v) is 2.23. The zero-order chi connectivity index (χ0) is 15.5. The van der Waals surface area contributed by atoms with Crippen LogP contribution in [0.15, 0.2) is 24.3 Å². The standard InChI is InChI=1S/C8H4O3.C4H10O3.C2H4O/c9-7-5-3-1-2-4-6(5)8(10)11-7;5-1-3-7-4-2-6;1-2-3-1/h1-4H;5-6H,1-4H2;1-2H2. The molecular weight excluding hydrogens is 280 g/mol. The van der Waals surface area contributed by atoms with E-state index in [9.17, 15) is 9.59 Å². The van der Waals surface area contributed by atoms with Gasteiger partial charge in [-0.05, 0) is 12.1 Å². The number of fused-ring (bicyclic) bond motifs is 1. The molecule has 2 N–H and O–H groups in total. The van der Waals surface area contributed by atoms with E-state index in [0.717, 1.165) is 13.2 Å². The number of carbonyl (C=O) groups is 2. The van der Waals surface area contributed by atoms with Crippen LogP contribution >= 0.6 is 0 Å². The van der Waals surface area contributed by atoms with E-state index in [0.29, 0.717) is 24.3 Å². The number of rotatable bonds is 4. The average Bonchev–Trinajstić information content (AvgIpc) is 3.34. The molecule has 0 spiro atoms. The predicted octanol–water partition coefficient (Wildman–Crippen LogP) is 0.00140. The molecule has 2 aliphatic rings. The molecule has 0 atom stereocenters. The third-order valence-electron chi connectivity index (χ3n) is 2.23. The van der Waals surface area contributed by atoms with Crippen molar-refractivity contribution in [3.8, 4) is 0 Å². The van der Waals surface area contributed by atoms with Crippen LogP contribution in [-0.4, -0.2) is 61.8 Å². The van der Waals surface area contributed by atoms with E-state index in [-0.39, 0.29) is 13.2 Å². The molecule has 2 heterocycles. The van der Waals surface area contributed by atoms with E-state index >= 15 is 0 Å². The molecule has 1 aromatic carbocycles. The Labute approximate surface area is 122 Å². The SMILES string of the molecule is C1CO1.O=C1OC(=O)c2ccccc21.OCCOCCO. The van der Waals surface area contributed by atoms with Crippen molar-refractivity contribution in [2.75, 3.05) is 39.6 Å². The molecule has 0 amide bonds. The monoisotopic (exact) mass is 298 g/mol. The quantitative estimate of drug-likeness (QED) is 0.349. The molecular formula is C14H18O7. The van der Waals surface area contributed by atoms with Crippen LogP contribution in [0.3, 0.4) is 0 Å². The van der Waals surface area contributed by atoms with Crippen LogP contribution in [0.25, 0.3) is 0 Å². The molecule has 21 heavy (non-hydrogen) atoms. The first-order valence-corrected chi connectivity index (χ1v) is 6.43. The number of aliphatic hydroxyl groups is 2. The van der Waals surface area contributed by atoms with Gasteiger partial charge in [0.15, 0.2) is 0 Å². The highest BCUT2D eigenvalue weighted by atomic mass is 16.6. The van der Waals surface area contributed by atoms with Crippen molar-refractivity contribution in [1.82, 2.24) is 0 Å². The van der Waals surface area contributed by atoms with Crippen LogP contribution in [0.2, 0.25) is 0 Å². The lowest BCUT2D eigenvalue weighted by molar-refractivity contribution is 0.0443. The Kier molecular flexibility index (Phi) is 8.22. The molecule has 2 aliphatic heterocycles. The van der Waals surface area contributed by atoms with Crippen molar-refractivity contribution in [1.29, 1.82) is 0 Å². The second kappa shape index (κ2) is 10.0. The second-order valence-electron chi connectivity index (χ2n) is 3.89. The Hall–Kier alpha value is -1.80. The van der Waals surface area contributed by atoms with Gasteiger partial charge in [-0.25, -0.2) is 9.59 Å². The van der Waals surface area contributed by atoms with E-state index in [1.54, 1.807) is 24.3 Å². The van der Waals surface area contributed by atoms with Crippen molar-refractivity contribution < 1.29 is 34.0 Å². The fraction of sp³-hybridized carbons (Fsp3) is 0.429. The minimum atomic E-state index is -0.550. The summed E-state index contributed by atoms with van der Waals surface area (Å²) in [7, 11) is 0. The van der Waals surface area contributed by atoms with Crippen molar-refractivity contribution in [2.24, 2.45) is 0 Å². The molecule has 1 saturated heterocycles. The maximum atomic E-state index is 10.8. The summed E-state index contributed by atoms with van der Waals surface area (Å²) in [5, 5.41) is 16.2. The molecule has 0 aliphatic carbocycles. The fourth-order valence-corrected chi connectivity index (χ4v) is 1.26. The van der Waals surface area contributed by atoms with Crippen molar-refractivity contribution in [3.63, 3.8) is 0 Å². The summed E-state index contributed by atoms with van der Waals surface area (Å²) in [5.41, 5.74) is 0.718. The zero-order valence-corrected chi connectivity index (χ0v) is 11.5. The third kappa shape index (κ3) is 6.96. The van der Waals surface area contributed by atoms with Crippen molar-refractivity contribution in [2.45, 2.75) is 0 Å². The molecule has 7 heteroatoms. The lowest BCUT2D eigenvalue weighted by Gasteiger charge is -1.94. The topological polar surface area (TPSA) is 106 Å². The van der Waals surface area contributed by atoms with Gasteiger partial charge >= 0.3 is 11.9 Å². The van der Waals surface area contributed by atoms with Crippen LogP contribution in [0.5, 0.6) is 0 Å². The number of benzene rings is 1. The fourth-order valence-electron chi connectivity index (χ4n) is 1.26. The van der Waals surface area contributed by atoms with Crippen molar-refractivity contribution in [3.05, 3.63) is 35.4 Å². The van der Waals surface area contributed by atoms with E-state index < -0.39 is 11.9 Å². The van der Waals surface area contributed by atoms with Crippen LogP contribution < -0.4 is 0 Å². The number of hydrogen-bond acceptors (Lipinski definition) is 7. The van der Waals surface area contributed by atoms with Gasteiger partial charge in [-0.1, -0.05) is 12.1 Å². The number of hydrogen-bond donors (Lipinski definition) is 2. The molecule has 0 unspecified atom stereocenters. The largest absolute Gasteiger partial charge is 0.394 e. The summed E-state index contributed by atoms with van der Waals surface area (Å²) in [6.07, 6.45) is 0. The molecule has 1 aromatic rings. The Morgan fingerprint density at radius 1 is 0.952 bits per heavy atom. The summed E-state index contributed by atoms with van der Waals surface area (Å²) in [6, 6.07) is 6.53. The number of aliphatic hydroxyl groups excluding tert-OH is 2. The number of ether oxygens (including phenoxy) is 3. The first-order chi connectivity index (χ1) is 10.2. The molecule has 0 bridgehead atoms. The summed E-state index contributed by atoms with van der Waals surface area (Å²) in [6.45, 7) is 2.70. The Bertz CT molecular complexity index is 417. The smallest absolute Gasteiger partial charge is 0.346 e. The lowest BCUT2D eigenvalue weighted by atomic mass is 10.1. The summed E-state index contributed by atoms with van der Waals surface area (Å²) in [5.74, 6) is -1.10. The highest BCUT2D eigenvalue weighted by molar-refractivity contribution is 6.14. The van der Waals surface area contributed by atoms with E-state index in [1.807, 2.05) is 0 Å². The van der Waals surface area contributed by atoms with Gasteiger partial charge in [0.05, 0.1) is 50.8 Å². The molecule has 0 saturated carbocycles. The predicted molar refractivity (Wildman–Crippen MR) is 72.0 cm³/mol. The lowest BCUT2D eigenvalue weighted by Crippen LogP contribution is -2.03. The molecule has 7 nitrogen and oxygen atoms in total. The molecule has 116 valence electrons. The summed E-state index contributed by atoms with van der Waals surface area (Å²) >= 11 is 0. The van der Waals surface area contributed by atoms with Gasteiger partial charge in [0.1, 0.15) is 0 Å². The van der Waals surface area contributed by atoms with Crippen LogP contribution in [-0.2, 0) is 14.2 Å². The number of esters is 2. The van der Waals surface area contributed by atoms with Crippen LogP contribution in [0.4, 0.5) is 0 Å². The molecule has 0 radical (unpaired) electrons. The maximum Gasteiger partial charge on any atom is 0.346 e. The second-order valence-corrected chi connectivity index (χ2v) is 3.89. The van der Waals surface area contributed by atoms with E-state index in [4.69, 9.17) is 10.2 Å². The Morgan fingerprint density at radius 3 is 1.71 bits per heavy atom. The van der Waals surface area contributed by atoms with Crippen LogP contribution in [0.1, 0.15) is 20.7 Å². The Balaban J connectivity index is 0.000000188. The zero-order valence-electron chi connectivity index (χ0n) is 11.5. The highest BCUT2D eigenvalue weighted by Gasteiger charge is 2.28. The molecule has 0 aromatic heterocycles. The number of carbonyl (C=O) groups excluding carboxylic acids is 2.